The van der Waals surface area contributed by atoms with Crippen molar-refractivity contribution < 1.29 is 9.84 Å². The van der Waals surface area contributed by atoms with Crippen LogP contribution in [0.4, 0.5) is 0 Å². The fourth-order valence-electron chi connectivity index (χ4n) is 3.52. The highest BCUT2D eigenvalue weighted by Gasteiger charge is 2.40. The van der Waals surface area contributed by atoms with Gasteiger partial charge in [-0.2, -0.15) is 0 Å². The second kappa shape index (κ2) is 4.58. The Hall–Kier alpha value is -1.02. The largest absolute Gasteiger partial charge is 0.493 e. The van der Waals surface area contributed by atoms with Crippen LogP contribution in [-0.4, -0.2) is 17.3 Å². The molecule has 2 nitrogen and oxygen atoms in total. The summed E-state index contributed by atoms with van der Waals surface area (Å²) in [7, 11) is 0. The summed E-state index contributed by atoms with van der Waals surface area (Å²) in [4.78, 5) is 0. The van der Waals surface area contributed by atoms with Crippen molar-refractivity contribution >= 4 is 0 Å². The average Bonchev–Trinajstić information content (AvgIpc) is 2.77. The van der Waals surface area contributed by atoms with E-state index in [2.05, 4.69) is 19.1 Å². The van der Waals surface area contributed by atoms with Crippen molar-refractivity contribution in [3.63, 3.8) is 0 Å². The number of benzene rings is 1. The molecule has 1 aromatic rings. The first-order valence-electron chi connectivity index (χ1n) is 7.13. The molecule has 1 heterocycles. The lowest BCUT2D eigenvalue weighted by Gasteiger charge is -2.39. The second-order valence-electron chi connectivity index (χ2n) is 6.00. The Bertz CT molecular complexity index is 429. The maximum Gasteiger partial charge on any atom is 0.122 e. The smallest absolute Gasteiger partial charge is 0.122 e. The number of para-hydroxylation sites is 1. The molecule has 98 valence electrons. The molecule has 1 aliphatic carbocycles. The molecule has 0 saturated heterocycles. The predicted molar refractivity (Wildman–Crippen MR) is 71.9 cm³/mol. The van der Waals surface area contributed by atoms with Gasteiger partial charge in [0.1, 0.15) is 5.75 Å². The Morgan fingerprint density at radius 2 is 2.17 bits per heavy atom. The van der Waals surface area contributed by atoms with Crippen LogP contribution in [0.3, 0.4) is 0 Å². The third-order valence-corrected chi connectivity index (χ3v) is 4.81. The number of ether oxygens (including phenoxy) is 1. The molecule has 0 spiro atoms. The summed E-state index contributed by atoms with van der Waals surface area (Å²) in [5, 5.41) is 10.9. The first-order valence-corrected chi connectivity index (χ1v) is 7.13. The molecule has 0 bridgehead atoms. The van der Waals surface area contributed by atoms with Gasteiger partial charge < -0.3 is 9.84 Å². The second-order valence-corrected chi connectivity index (χ2v) is 6.00. The van der Waals surface area contributed by atoms with Gasteiger partial charge in [0.25, 0.3) is 0 Å². The van der Waals surface area contributed by atoms with Gasteiger partial charge >= 0.3 is 0 Å². The van der Waals surface area contributed by atoms with Crippen LogP contribution in [0.5, 0.6) is 5.75 Å². The van der Waals surface area contributed by atoms with Gasteiger partial charge in [-0.1, -0.05) is 38.0 Å². The van der Waals surface area contributed by atoms with Gasteiger partial charge in [0, 0.05) is 11.5 Å². The number of aliphatic hydroxyl groups is 1. The van der Waals surface area contributed by atoms with E-state index in [-0.39, 0.29) is 0 Å². The highest BCUT2D eigenvalue weighted by Crippen LogP contribution is 2.44. The van der Waals surface area contributed by atoms with Crippen molar-refractivity contribution in [1.82, 2.24) is 0 Å². The van der Waals surface area contributed by atoms with Crippen LogP contribution in [0, 0.1) is 5.92 Å². The molecule has 1 aliphatic heterocycles. The lowest BCUT2D eigenvalue weighted by atomic mass is 9.71. The maximum absolute atomic E-state index is 10.9. The minimum Gasteiger partial charge on any atom is -0.493 e. The van der Waals surface area contributed by atoms with Gasteiger partial charge in [-0.25, -0.2) is 0 Å². The van der Waals surface area contributed by atoms with Crippen molar-refractivity contribution in [2.24, 2.45) is 5.92 Å². The van der Waals surface area contributed by atoms with Crippen molar-refractivity contribution in [1.29, 1.82) is 0 Å². The van der Waals surface area contributed by atoms with Crippen LogP contribution in [0.1, 0.15) is 50.5 Å². The molecule has 1 saturated carbocycles. The fraction of sp³-hybridized carbons (Fsp3) is 0.625. The summed E-state index contributed by atoms with van der Waals surface area (Å²) in [6.07, 6.45) is 5.39. The number of rotatable bonds is 2. The van der Waals surface area contributed by atoms with E-state index in [0.29, 0.717) is 11.8 Å². The number of hydrogen-bond acceptors (Lipinski definition) is 2. The zero-order valence-corrected chi connectivity index (χ0v) is 11.1. The molecule has 2 heteroatoms. The van der Waals surface area contributed by atoms with E-state index in [9.17, 15) is 5.11 Å². The molecule has 0 aromatic heterocycles. The van der Waals surface area contributed by atoms with Crippen LogP contribution in [0.2, 0.25) is 0 Å². The van der Waals surface area contributed by atoms with Gasteiger partial charge in [0.05, 0.1) is 12.2 Å². The summed E-state index contributed by atoms with van der Waals surface area (Å²) in [5.74, 6) is 1.79. The maximum atomic E-state index is 10.9. The van der Waals surface area contributed by atoms with E-state index >= 15 is 0 Å². The molecule has 0 radical (unpaired) electrons. The van der Waals surface area contributed by atoms with Gasteiger partial charge in [0.2, 0.25) is 0 Å². The van der Waals surface area contributed by atoms with E-state index in [1.165, 1.54) is 12.0 Å². The van der Waals surface area contributed by atoms with Gasteiger partial charge in [-0.15, -0.1) is 0 Å². The first-order chi connectivity index (χ1) is 8.69. The van der Waals surface area contributed by atoms with Crippen LogP contribution in [0.25, 0.3) is 0 Å². The van der Waals surface area contributed by atoms with E-state index in [1.807, 2.05) is 12.1 Å². The minimum atomic E-state index is -0.482. The summed E-state index contributed by atoms with van der Waals surface area (Å²) in [5.41, 5.74) is 0.799. The molecule has 3 atom stereocenters. The quantitative estimate of drug-likeness (QED) is 0.865. The topological polar surface area (TPSA) is 29.5 Å². The Balaban J connectivity index is 1.78. The molecule has 2 aliphatic rings. The summed E-state index contributed by atoms with van der Waals surface area (Å²) in [6.45, 7) is 2.93. The third kappa shape index (κ3) is 2.03. The van der Waals surface area contributed by atoms with Crippen molar-refractivity contribution in [2.75, 3.05) is 6.61 Å². The third-order valence-electron chi connectivity index (χ3n) is 4.81. The molecule has 1 aromatic carbocycles. The van der Waals surface area contributed by atoms with Crippen molar-refractivity contribution in [2.45, 2.75) is 50.5 Å². The normalized spacial score (nSPS) is 35.0. The molecule has 3 rings (SSSR count). The van der Waals surface area contributed by atoms with Crippen molar-refractivity contribution in [3.8, 4) is 5.75 Å². The first kappa shape index (κ1) is 12.0. The Kier molecular flexibility index (Phi) is 3.06. The highest BCUT2D eigenvalue weighted by atomic mass is 16.5. The van der Waals surface area contributed by atoms with Crippen molar-refractivity contribution in [3.05, 3.63) is 29.8 Å². The molecular weight excluding hydrogens is 224 g/mol. The fourth-order valence-corrected chi connectivity index (χ4v) is 3.52. The molecular formula is C16H22O2. The van der Waals surface area contributed by atoms with Gasteiger partial charge in [-0.05, 0) is 31.2 Å². The van der Waals surface area contributed by atoms with E-state index < -0.39 is 5.60 Å². The predicted octanol–water partition coefficient (Wildman–Crippen LogP) is 3.49. The summed E-state index contributed by atoms with van der Waals surface area (Å²) >= 11 is 0. The van der Waals surface area contributed by atoms with Crippen LogP contribution < -0.4 is 4.74 Å². The van der Waals surface area contributed by atoms with E-state index in [4.69, 9.17) is 4.74 Å². The Morgan fingerprint density at radius 3 is 3.00 bits per heavy atom. The minimum absolute atomic E-state index is 0.367. The SMILES string of the molecule is CC1CCCCC1(O)CC1COc2ccccc21. The van der Waals surface area contributed by atoms with Crippen LogP contribution in [0.15, 0.2) is 24.3 Å². The Labute approximate surface area is 109 Å². The highest BCUT2D eigenvalue weighted by molar-refractivity contribution is 5.39. The molecule has 1 N–H and O–H groups in total. The van der Waals surface area contributed by atoms with Gasteiger partial charge in [0.15, 0.2) is 0 Å². The summed E-state index contributed by atoms with van der Waals surface area (Å²) < 4.78 is 5.72. The monoisotopic (exact) mass is 246 g/mol. The van der Waals surface area contributed by atoms with E-state index in [0.717, 1.165) is 38.0 Å². The molecule has 1 fully saturated rings. The summed E-state index contributed by atoms with van der Waals surface area (Å²) in [6, 6.07) is 8.25. The number of hydrogen-bond donors (Lipinski definition) is 1. The van der Waals surface area contributed by atoms with Crippen LogP contribution >= 0.6 is 0 Å². The molecule has 3 unspecified atom stereocenters. The zero-order valence-electron chi connectivity index (χ0n) is 11.1. The number of fused-ring (bicyclic) bond motifs is 1. The molecule has 0 amide bonds. The van der Waals surface area contributed by atoms with E-state index in [1.54, 1.807) is 0 Å². The van der Waals surface area contributed by atoms with Gasteiger partial charge in [-0.3, -0.25) is 0 Å². The lowest BCUT2D eigenvalue weighted by Crippen LogP contribution is -2.40. The zero-order chi connectivity index (χ0) is 12.6. The van der Waals surface area contributed by atoms with Crippen LogP contribution in [-0.2, 0) is 0 Å². The lowest BCUT2D eigenvalue weighted by molar-refractivity contribution is -0.0539. The Morgan fingerprint density at radius 1 is 1.33 bits per heavy atom. The average molecular weight is 246 g/mol. The molecule has 18 heavy (non-hydrogen) atoms. The standard InChI is InChI=1S/C16H22O2/c1-12-6-4-5-9-16(12,17)10-13-11-18-15-8-3-2-7-14(13)15/h2-3,7-8,12-13,17H,4-6,9-11H2,1H3.